The van der Waals surface area contributed by atoms with Crippen molar-refractivity contribution in [2.75, 3.05) is 37.9 Å². The number of carbonyl (C=O) groups is 1. The SMILES string of the molecule is COC(=O)c1c(NCC2CCOC2)sc(C#N)c1N. The van der Waals surface area contributed by atoms with Crippen LogP contribution in [0.3, 0.4) is 0 Å². The number of carbonyl (C=O) groups excluding carboxylic acids is 1. The summed E-state index contributed by atoms with van der Waals surface area (Å²) in [5.41, 5.74) is 6.23. The van der Waals surface area contributed by atoms with Crippen molar-refractivity contribution < 1.29 is 14.3 Å². The van der Waals surface area contributed by atoms with Gasteiger partial charge in [0.1, 0.15) is 21.5 Å². The number of hydrogen-bond acceptors (Lipinski definition) is 7. The number of nitriles is 1. The monoisotopic (exact) mass is 281 g/mol. The average molecular weight is 281 g/mol. The Bertz CT molecular complexity index is 515. The van der Waals surface area contributed by atoms with E-state index in [1.54, 1.807) is 0 Å². The van der Waals surface area contributed by atoms with Crippen LogP contribution >= 0.6 is 11.3 Å². The number of nitrogens with one attached hydrogen (secondary N) is 1. The molecule has 1 fully saturated rings. The Balaban J connectivity index is 2.18. The van der Waals surface area contributed by atoms with Gasteiger partial charge in [0.25, 0.3) is 0 Å². The molecule has 1 atom stereocenters. The number of ether oxygens (including phenoxy) is 2. The van der Waals surface area contributed by atoms with Gasteiger partial charge in [-0.3, -0.25) is 0 Å². The number of esters is 1. The number of rotatable bonds is 4. The van der Waals surface area contributed by atoms with Crippen LogP contribution in [0.1, 0.15) is 21.7 Å². The third kappa shape index (κ3) is 2.80. The van der Waals surface area contributed by atoms with Crippen LogP contribution in [0, 0.1) is 17.2 Å². The molecule has 0 saturated carbocycles. The molecule has 1 aromatic rings. The Morgan fingerprint density at radius 2 is 2.53 bits per heavy atom. The zero-order chi connectivity index (χ0) is 13.8. The maximum atomic E-state index is 11.7. The fraction of sp³-hybridized carbons (Fsp3) is 0.500. The second-order valence-corrected chi connectivity index (χ2v) is 5.28. The lowest BCUT2D eigenvalue weighted by Gasteiger charge is -2.10. The Morgan fingerprint density at radius 3 is 3.11 bits per heavy atom. The van der Waals surface area contributed by atoms with E-state index in [0.717, 1.165) is 13.0 Å². The van der Waals surface area contributed by atoms with Crippen LogP contribution in [-0.4, -0.2) is 32.8 Å². The third-order valence-electron chi connectivity index (χ3n) is 3.01. The highest BCUT2D eigenvalue weighted by atomic mass is 32.1. The Labute approximate surface area is 115 Å². The molecule has 19 heavy (non-hydrogen) atoms. The lowest BCUT2D eigenvalue weighted by molar-refractivity contribution is 0.0603. The summed E-state index contributed by atoms with van der Waals surface area (Å²) in [6.45, 7) is 2.17. The first-order valence-electron chi connectivity index (χ1n) is 5.89. The lowest BCUT2D eigenvalue weighted by atomic mass is 10.1. The molecular formula is C12H15N3O3S. The molecule has 0 aromatic carbocycles. The van der Waals surface area contributed by atoms with Gasteiger partial charge >= 0.3 is 5.97 Å². The van der Waals surface area contributed by atoms with Gasteiger partial charge in [0.15, 0.2) is 0 Å². The molecular weight excluding hydrogens is 266 g/mol. The van der Waals surface area contributed by atoms with E-state index in [-0.39, 0.29) is 11.3 Å². The van der Waals surface area contributed by atoms with Crippen molar-refractivity contribution in [2.45, 2.75) is 6.42 Å². The molecule has 0 spiro atoms. The standard InChI is InChI=1S/C12H15N3O3S/c1-17-12(16)9-10(14)8(4-13)19-11(9)15-5-7-2-3-18-6-7/h7,15H,2-3,5-6,14H2,1H3. The van der Waals surface area contributed by atoms with E-state index < -0.39 is 5.97 Å². The van der Waals surface area contributed by atoms with Gasteiger partial charge in [-0.2, -0.15) is 5.26 Å². The summed E-state index contributed by atoms with van der Waals surface area (Å²) in [5.74, 6) is -0.111. The topological polar surface area (TPSA) is 97.4 Å². The second-order valence-electron chi connectivity index (χ2n) is 4.26. The van der Waals surface area contributed by atoms with Crippen molar-refractivity contribution >= 4 is 28.0 Å². The number of nitrogens with zero attached hydrogens (tertiary/aromatic N) is 1. The van der Waals surface area contributed by atoms with Gasteiger partial charge in [-0.15, -0.1) is 11.3 Å². The average Bonchev–Trinajstić information content (AvgIpc) is 3.03. The van der Waals surface area contributed by atoms with Gasteiger partial charge in [-0.05, 0) is 6.42 Å². The normalized spacial score (nSPS) is 18.0. The molecule has 1 unspecified atom stereocenters. The minimum atomic E-state index is -0.527. The van der Waals surface area contributed by atoms with E-state index >= 15 is 0 Å². The largest absolute Gasteiger partial charge is 0.465 e. The van der Waals surface area contributed by atoms with Crippen molar-refractivity contribution in [3.05, 3.63) is 10.4 Å². The van der Waals surface area contributed by atoms with Crippen LogP contribution in [-0.2, 0) is 9.47 Å². The molecule has 1 aliphatic rings. The molecule has 0 radical (unpaired) electrons. The molecule has 7 heteroatoms. The summed E-state index contributed by atoms with van der Waals surface area (Å²) in [4.78, 5) is 12.0. The summed E-state index contributed by atoms with van der Waals surface area (Å²) >= 11 is 1.17. The summed E-state index contributed by atoms with van der Waals surface area (Å²) in [6, 6.07) is 1.98. The molecule has 1 aliphatic heterocycles. The van der Waals surface area contributed by atoms with E-state index in [9.17, 15) is 4.79 Å². The van der Waals surface area contributed by atoms with Crippen molar-refractivity contribution in [1.82, 2.24) is 0 Å². The Morgan fingerprint density at radius 1 is 1.74 bits per heavy atom. The molecule has 102 valence electrons. The Hall–Kier alpha value is -1.78. The van der Waals surface area contributed by atoms with E-state index in [0.29, 0.717) is 28.9 Å². The quantitative estimate of drug-likeness (QED) is 0.810. The fourth-order valence-corrected chi connectivity index (χ4v) is 2.85. The van der Waals surface area contributed by atoms with Crippen molar-refractivity contribution in [1.29, 1.82) is 5.26 Å². The van der Waals surface area contributed by atoms with Gasteiger partial charge in [0.05, 0.1) is 19.4 Å². The van der Waals surface area contributed by atoms with Gasteiger partial charge in [0.2, 0.25) is 0 Å². The zero-order valence-corrected chi connectivity index (χ0v) is 11.4. The maximum Gasteiger partial charge on any atom is 0.343 e. The predicted octanol–water partition coefficient (Wildman–Crippen LogP) is 1.44. The third-order valence-corrected chi connectivity index (χ3v) is 4.08. The van der Waals surface area contributed by atoms with Crippen LogP contribution in [0.25, 0.3) is 0 Å². The molecule has 2 rings (SSSR count). The zero-order valence-electron chi connectivity index (χ0n) is 10.6. The number of nitrogen functional groups attached to an aromatic ring is 1. The van der Waals surface area contributed by atoms with Crippen molar-refractivity contribution in [3.8, 4) is 6.07 Å². The smallest absolute Gasteiger partial charge is 0.343 e. The highest BCUT2D eigenvalue weighted by Crippen LogP contribution is 2.36. The van der Waals surface area contributed by atoms with E-state index in [4.69, 9.17) is 20.5 Å². The van der Waals surface area contributed by atoms with Crippen LogP contribution in [0.2, 0.25) is 0 Å². The van der Waals surface area contributed by atoms with Gasteiger partial charge in [0, 0.05) is 19.1 Å². The number of methoxy groups -OCH3 is 1. The second kappa shape index (κ2) is 5.91. The van der Waals surface area contributed by atoms with Crippen molar-refractivity contribution in [2.24, 2.45) is 5.92 Å². The van der Waals surface area contributed by atoms with Gasteiger partial charge in [-0.1, -0.05) is 0 Å². The number of thiophene rings is 1. The first-order chi connectivity index (χ1) is 9.17. The summed E-state index contributed by atoms with van der Waals surface area (Å²) in [5, 5.41) is 12.7. The minimum absolute atomic E-state index is 0.185. The summed E-state index contributed by atoms with van der Waals surface area (Å²) in [7, 11) is 1.29. The summed E-state index contributed by atoms with van der Waals surface area (Å²) < 4.78 is 9.99. The molecule has 6 nitrogen and oxygen atoms in total. The molecule has 2 heterocycles. The first-order valence-corrected chi connectivity index (χ1v) is 6.71. The van der Waals surface area contributed by atoms with Crippen LogP contribution in [0.4, 0.5) is 10.7 Å². The van der Waals surface area contributed by atoms with E-state index in [2.05, 4.69) is 5.32 Å². The van der Waals surface area contributed by atoms with Crippen LogP contribution < -0.4 is 11.1 Å². The maximum absolute atomic E-state index is 11.7. The van der Waals surface area contributed by atoms with Gasteiger partial charge < -0.3 is 20.5 Å². The Kier molecular flexibility index (Phi) is 4.24. The number of nitrogens with two attached hydrogens (primary N) is 1. The molecule has 1 saturated heterocycles. The molecule has 1 aromatic heterocycles. The lowest BCUT2D eigenvalue weighted by Crippen LogP contribution is -2.15. The first kappa shape index (κ1) is 13.6. The van der Waals surface area contributed by atoms with Crippen LogP contribution in [0.5, 0.6) is 0 Å². The van der Waals surface area contributed by atoms with Crippen LogP contribution in [0.15, 0.2) is 0 Å². The van der Waals surface area contributed by atoms with E-state index in [1.807, 2.05) is 6.07 Å². The van der Waals surface area contributed by atoms with E-state index in [1.165, 1.54) is 18.4 Å². The number of hydrogen-bond donors (Lipinski definition) is 2. The molecule has 0 amide bonds. The summed E-state index contributed by atoms with van der Waals surface area (Å²) in [6.07, 6.45) is 0.993. The highest BCUT2D eigenvalue weighted by molar-refractivity contribution is 7.17. The number of anilines is 2. The molecule has 0 bridgehead atoms. The predicted molar refractivity (Wildman–Crippen MR) is 72.2 cm³/mol. The minimum Gasteiger partial charge on any atom is -0.465 e. The fourth-order valence-electron chi connectivity index (χ4n) is 1.94. The van der Waals surface area contributed by atoms with Gasteiger partial charge in [-0.25, -0.2) is 4.79 Å². The molecule has 3 N–H and O–H groups in total. The highest BCUT2D eigenvalue weighted by Gasteiger charge is 2.24. The van der Waals surface area contributed by atoms with Crippen molar-refractivity contribution in [3.63, 3.8) is 0 Å². The molecule has 0 aliphatic carbocycles.